The minimum atomic E-state index is -0.385. The predicted molar refractivity (Wildman–Crippen MR) is 92.3 cm³/mol. The third-order valence-electron chi connectivity index (χ3n) is 3.19. The summed E-state index contributed by atoms with van der Waals surface area (Å²) in [6.07, 6.45) is 0.763. The third kappa shape index (κ3) is 5.66. The zero-order valence-corrected chi connectivity index (χ0v) is 13.8. The average Bonchev–Trinajstić information content (AvgIpc) is 2.65. The summed E-state index contributed by atoms with van der Waals surface area (Å²) in [6.45, 7) is 2.14. The Hall–Kier alpha value is -3.33. The van der Waals surface area contributed by atoms with Gasteiger partial charge in [-0.15, -0.1) is 0 Å². The molecule has 6 heteroatoms. The van der Waals surface area contributed by atoms with Gasteiger partial charge >= 0.3 is 5.97 Å². The van der Waals surface area contributed by atoms with Crippen LogP contribution < -0.4 is 10.1 Å². The molecule has 0 heterocycles. The number of ether oxygens (including phenoxy) is 2. The molecule has 1 N–H and O–H groups in total. The summed E-state index contributed by atoms with van der Waals surface area (Å²) in [7, 11) is 0. The van der Waals surface area contributed by atoms with E-state index in [4.69, 9.17) is 14.7 Å². The van der Waals surface area contributed by atoms with Crippen LogP contribution >= 0.6 is 0 Å². The number of carbonyl (C=O) groups excluding carboxylic acids is 2. The monoisotopic (exact) mass is 338 g/mol. The number of nitrogens with one attached hydrogen (secondary N) is 1. The zero-order chi connectivity index (χ0) is 18.1. The van der Waals surface area contributed by atoms with Crippen LogP contribution in [0.1, 0.15) is 29.3 Å². The van der Waals surface area contributed by atoms with Gasteiger partial charge in [-0.1, -0.05) is 6.92 Å². The quantitative estimate of drug-likeness (QED) is 0.784. The van der Waals surface area contributed by atoms with Crippen LogP contribution in [0.15, 0.2) is 48.5 Å². The lowest BCUT2D eigenvalue weighted by Crippen LogP contribution is -2.20. The number of esters is 1. The molecule has 2 aromatic rings. The molecule has 0 aliphatic carbocycles. The van der Waals surface area contributed by atoms with E-state index in [1.807, 2.05) is 13.0 Å². The Morgan fingerprint density at radius 3 is 2.36 bits per heavy atom. The van der Waals surface area contributed by atoms with E-state index in [9.17, 15) is 9.59 Å². The number of amides is 1. The van der Waals surface area contributed by atoms with Gasteiger partial charge < -0.3 is 14.8 Å². The minimum Gasteiger partial charge on any atom is -0.484 e. The smallest absolute Gasteiger partial charge is 0.338 e. The Morgan fingerprint density at radius 1 is 1.08 bits per heavy atom. The molecule has 0 radical (unpaired) electrons. The van der Waals surface area contributed by atoms with E-state index in [0.29, 0.717) is 29.2 Å². The highest BCUT2D eigenvalue weighted by molar-refractivity contribution is 5.93. The van der Waals surface area contributed by atoms with Gasteiger partial charge in [0, 0.05) is 5.69 Å². The van der Waals surface area contributed by atoms with Gasteiger partial charge in [0.15, 0.2) is 6.61 Å². The molecule has 0 aliphatic rings. The van der Waals surface area contributed by atoms with E-state index in [1.54, 1.807) is 48.5 Å². The van der Waals surface area contributed by atoms with Crippen molar-refractivity contribution < 1.29 is 19.1 Å². The van der Waals surface area contributed by atoms with Crippen molar-refractivity contribution in [1.82, 2.24) is 0 Å². The SMILES string of the molecule is CCCOC(=O)c1ccc(NC(=O)COc2ccc(C#N)cc2)cc1. The fourth-order valence-corrected chi connectivity index (χ4v) is 1.94. The summed E-state index contributed by atoms with van der Waals surface area (Å²) in [5.41, 5.74) is 1.51. The second-order valence-corrected chi connectivity index (χ2v) is 5.19. The molecular weight excluding hydrogens is 320 g/mol. The fraction of sp³-hybridized carbons (Fsp3) is 0.211. The van der Waals surface area contributed by atoms with Gasteiger partial charge in [-0.05, 0) is 55.0 Å². The Labute approximate surface area is 146 Å². The Balaban J connectivity index is 1.83. The highest BCUT2D eigenvalue weighted by atomic mass is 16.5. The predicted octanol–water partition coefficient (Wildman–Crippen LogP) is 3.14. The van der Waals surface area contributed by atoms with Crippen LogP contribution in [0, 0.1) is 11.3 Å². The summed E-state index contributed by atoms with van der Waals surface area (Å²) in [6, 6.07) is 14.9. The van der Waals surface area contributed by atoms with Crippen LogP contribution in [-0.2, 0) is 9.53 Å². The molecule has 0 saturated heterocycles. The molecule has 0 spiro atoms. The third-order valence-corrected chi connectivity index (χ3v) is 3.19. The van der Waals surface area contributed by atoms with Crippen LogP contribution in [0.3, 0.4) is 0 Å². The van der Waals surface area contributed by atoms with Crippen molar-refractivity contribution in [2.24, 2.45) is 0 Å². The van der Waals surface area contributed by atoms with E-state index >= 15 is 0 Å². The molecule has 0 aromatic heterocycles. The van der Waals surface area contributed by atoms with E-state index < -0.39 is 0 Å². The maximum atomic E-state index is 11.9. The second-order valence-electron chi connectivity index (χ2n) is 5.19. The number of hydrogen-bond acceptors (Lipinski definition) is 5. The highest BCUT2D eigenvalue weighted by Crippen LogP contribution is 2.13. The van der Waals surface area contributed by atoms with Crippen molar-refractivity contribution in [2.75, 3.05) is 18.5 Å². The van der Waals surface area contributed by atoms with E-state index in [0.717, 1.165) is 6.42 Å². The van der Waals surface area contributed by atoms with Crippen LogP contribution in [0.2, 0.25) is 0 Å². The zero-order valence-electron chi connectivity index (χ0n) is 13.8. The summed E-state index contributed by atoms with van der Waals surface area (Å²) in [5.74, 6) is -0.210. The minimum absolute atomic E-state index is 0.161. The van der Waals surface area contributed by atoms with Crippen molar-refractivity contribution in [3.8, 4) is 11.8 Å². The number of nitrogens with zero attached hydrogens (tertiary/aromatic N) is 1. The molecule has 0 fully saturated rings. The van der Waals surface area contributed by atoms with Crippen molar-refractivity contribution in [3.63, 3.8) is 0 Å². The normalized spacial score (nSPS) is 9.76. The van der Waals surface area contributed by atoms with Gasteiger partial charge in [0.25, 0.3) is 5.91 Å². The van der Waals surface area contributed by atoms with Crippen molar-refractivity contribution in [3.05, 3.63) is 59.7 Å². The lowest BCUT2D eigenvalue weighted by atomic mass is 10.2. The van der Waals surface area contributed by atoms with E-state index in [1.165, 1.54) is 0 Å². The number of hydrogen-bond donors (Lipinski definition) is 1. The molecule has 0 aliphatic heterocycles. The van der Waals surface area contributed by atoms with Gasteiger partial charge in [0.1, 0.15) is 5.75 Å². The van der Waals surface area contributed by atoms with Gasteiger partial charge in [-0.3, -0.25) is 4.79 Å². The van der Waals surface area contributed by atoms with Crippen LogP contribution in [0.4, 0.5) is 5.69 Å². The molecule has 2 aromatic carbocycles. The molecule has 128 valence electrons. The molecule has 0 bridgehead atoms. The molecule has 1 amide bonds. The van der Waals surface area contributed by atoms with Crippen molar-refractivity contribution in [1.29, 1.82) is 5.26 Å². The first-order valence-corrected chi connectivity index (χ1v) is 7.82. The lowest BCUT2D eigenvalue weighted by Gasteiger charge is -2.08. The molecule has 0 saturated carbocycles. The number of rotatable bonds is 7. The summed E-state index contributed by atoms with van der Waals surface area (Å²) in [4.78, 5) is 23.6. The first-order valence-electron chi connectivity index (χ1n) is 7.82. The van der Waals surface area contributed by atoms with Crippen molar-refractivity contribution in [2.45, 2.75) is 13.3 Å². The fourth-order valence-electron chi connectivity index (χ4n) is 1.94. The van der Waals surface area contributed by atoms with E-state index in [2.05, 4.69) is 5.32 Å². The second kappa shape index (κ2) is 9.08. The largest absolute Gasteiger partial charge is 0.484 e. The number of anilines is 1. The summed E-state index contributed by atoms with van der Waals surface area (Å²) < 4.78 is 10.4. The summed E-state index contributed by atoms with van der Waals surface area (Å²) in [5, 5.41) is 11.4. The van der Waals surface area contributed by atoms with Crippen LogP contribution in [-0.4, -0.2) is 25.1 Å². The number of nitriles is 1. The maximum absolute atomic E-state index is 11.9. The first-order chi connectivity index (χ1) is 12.1. The van der Waals surface area contributed by atoms with E-state index in [-0.39, 0.29) is 18.5 Å². The molecular formula is C19H18N2O4. The van der Waals surface area contributed by atoms with Gasteiger partial charge in [0.05, 0.1) is 23.8 Å². The highest BCUT2D eigenvalue weighted by Gasteiger charge is 2.08. The molecule has 0 atom stereocenters. The first kappa shape index (κ1) is 18.0. The van der Waals surface area contributed by atoms with Gasteiger partial charge in [-0.2, -0.15) is 5.26 Å². The maximum Gasteiger partial charge on any atom is 0.338 e. The molecule has 2 rings (SSSR count). The number of benzene rings is 2. The Morgan fingerprint density at radius 2 is 1.76 bits per heavy atom. The van der Waals surface area contributed by atoms with Crippen LogP contribution in [0.5, 0.6) is 5.75 Å². The van der Waals surface area contributed by atoms with Crippen LogP contribution in [0.25, 0.3) is 0 Å². The lowest BCUT2D eigenvalue weighted by molar-refractivity contribution is -0.118. The molecule has 25 heavy (non-hydrogen) atoms. The van der Waals surface area contributed by atoms with Crippen molar-refractivity contribution >= 4 is 17.6 Å². The van der Waals surface area contributed by atoms with Gasteiger partial charge in [0.2, 0.25) is 0 Å². The molecule has 6 nitrogen and oxygen atoms in total. The topological polar surface area (TPSA) is 88.4 Å². The van der Waals surface area contributed by atoms with Gasteiger partial charge in [-0.25, -0.2) is 4.79 Å². The number of carbonyl (C=O) groups is 2. The Bertz CT molecular complexity index is 762. The molecule has 0 unspecified atom stereocenters. The standard InChI is InChI=1S/C19H18N2O4/c1-2-11-24-19(23)15-5-7-16(8-6-15)21-18(22)13-25-17-9-3-14(12-20)4-10-17/h3-10H,2,11,13H2,1H3,(H,21,22). The Kier molecular flexibility index (Phi) is 6.55. The average molecular weight is 338 g/mol. The summed E-state index contributed by atoms with van der Waals surface area (Å²) >= 11 is 0.